The Bertz CT molecular complexity index is 677. The highest BCUT2D eigenvalue weighted by atomic mass is 16.6. The molecule has 1 radical (unpaired) electrons. The first-order valence-corrected chi connectivity index (χ1v) is 8.04. The number of amides is 1. The molecule has 1 rings (SSSR count). The molecule has 0 aliphatic carbocycles. The Kier molecular flexibility index (Phi) is 7.86. The van der Waals surface area contributed by atoms with Gasteiger partial charge in [-0.1, -0.05) is 36.4 Å². The molecule has 26 heavy (non-hydrogen) atoms. The zero-order chi connectivity index (χ0) is 19.7. The van der Waals surface area contributed by atoms with Gasteiger partial charge >= 0.3 is 5.97 Å². The maximum absolute atomic E-state index is 12.3. The number of nitrogens with one attached hydrogen (secondary N) is 1. The Hall–Kier alpha value is -2.80. The minimum Gasteiger partial charge on any atom is -0.459 e. The largest absolute Gasteiger partial charge is 0.459 e. The molecular weight excluding hydrogens is 336 g/mol. The van der Waals surface area contributed by atoms with Gasteiger partial charge in [-0.25, -0.2) is 5.43 Å². The molecule has 1 aromatic rings. The quantitative estimate of drug-likeness (QED) is 0.327. The van der Waals surface area contributed by atoms with Crippen molar-refractivity contribution in [1.82, 2.24) is 10.4 Å². The van der Waals surface area contributed by atoms with E-state index in [-0.39, 0.29) is 6.54 Å². The fourth-order valence-corrected chi connectivity index (χ4v) is 1.98. The Morgan fingerprint density at radius 3 is 2.35 bits per heavy atom. The first-order valence-electron chi connectivity index (χ1n) is 8.04. The van der Waals surface area contributed by atoms with Crippen molar-refractivity contribution in [2.24, 2.45) is 0 Å². The van der Waals surface area contributed by atoms with Gasteiger partial charge in [-0.3, -0.25) is 24.2 Å². The van der Waals surface area contributed by atoms with Gasteiger partial charge in [0, 0.05) is 6.92 Å². The Morgan fingerprint density at radius 2 is 1.85 bits per heavy atom. The highest BCUT2D eigenvalue weighted by Gasteiger charge is 2.28. The summed E-state index contributed by atoms with van der Waals surface area (Å²) in [6.07, 6.45) is 4.25. The van der Waals surface area contributed by atoms with Crippen molar-refractivity contribution in [2.75, 3.05) is 6.54 Å². The minimum absolute atomic E-state index is 0.370. The summed E-state index contributed by atoms with van der Waals surface area (Å²) in [6.45, 7) is 5.90. The Morgan fingerprint density at radius 1 is 1.23 bits per heavy atom. The molecule has 0 saturated carbocycles. The predicted molar refractivity (Wildman–Crippen MR) is 96.3 cm³/mol. The van der Waals surface area contributed by atoms with Crippen molar-refractivity contribution >= 4 is 30.0 Å². The van der Waals surface area contributed by atoms with Crippen LogP contribution in [0.4, 0.5) is 0 Å². The lowest BCUT2D eigenvalue weighted by molar-refractivity contribution is -0.155. The Balaban J connectivity index is 2.79. The minimum atomic E-state index is -1.50. The molecule has 7 heteroatoms. The van der Waals surface area contributed by atoms with Gasteiger partial charge in [-0.2, -0.15) is 0 Å². The van der Waals surface area contributed by atoms with Crippen LogP contribution in [0.1, 0.15) is 33.3 Å². The number of nitrogens with zero attached hydrogens (tertiary/aromatic N) is 1. The second-order valence-electron chi connectivity index (χ2n) is 6.48. The first-order chi connectivity index (χ1) is 12.1. The van der Waals surface area contributed by atoms with Gasteiger partial charge in [0.05, 0.1) is 0 Å². The first kappa shape index (κ1) is 21.2. The topological polar surface area (TPSA) is 92.8 Å². The summed E-state index contributed by atoms with van der Waals surface area (Å²) in [6, 6.07) is 7.50. The summed E-state index contributed by atoms with van der Waals surface area (Å²) in [5, 5.41) is 0.772. The summed E-state index contributed by atoms with van der Waals surface area (Å²) >= 11 is 0. The van der Waals surface area contributed by atoms with Gasteiger partial charge in [0.15, 0.2) is 11.8 Å². The van der Waals surface area contributed by atoms with Crippen molar-refractivity contribution in [2.45, 2.75) is 39.3 Å². The van der Waals surface area contributed by atoms with Crippen molar-refractivity contribution in [3.63, 3.8) is 0 Å². The number of esters is 1. The number of hydrazine groups is 1. The molecule has 1 aromatic carbocycles. The summed E-state index contributed by atoms with van der Waals surface area (Å²) in [4.78, 5) is 47.0. The number of rotatable bonds is 8. The molecule has 1 N–H and O–H groups in total. The molecule has 0 fully saturated rings. The molecule has 0 spiro atoms. The standard InChI is InChI=1S/C19H23N2O5/c1-14(23)21(20-12-18(25)26-19(2,3)4)16(13-22)17(24)11-10-15-8-6-5-7-9-15/h5-11,16,20H,12H2,1-4H3. The van der Waals surface area contributed by atoms with E-state index in [9.17, 15) is 19.2 Å². The van der Waals surface area contributed by atoms with Crippen molar-refractivity contribution in [3.8, 4) is 0 Å². The molecule has 0 aromatic heterocycles. The molecule has 0 saturated heterocycles. The fraction of sp³-hybridized carbons (Fsp3) is 0.368. The van der Waals surface area contributed by atoms with E-state index in [4.69, 9.17) is 4.74 Å². The van der Waals surface area contributed by atoms with E-state index in [1.807, 2.05) is 6.07 Å². The third kappa shape index (κ3) is 7.40. The Labute approximate surface area is 153 Å². The van der Waals surface area contributed by atoms with Gasteiger partial charge in [-0.15, -0.1) is 0 Å². The van der Waals surface area contributed by atoms with E-state index in [2.05, 4.69) is 5.43 Å². The number of hydrogen-bond acceptors (Lipinski definition) is 6. The van der Waals surface area contributed by atoms with E-state index in [1.165, 1.54) is 25.4 Å². The van der Waals surface area contributed by atoms with Crippen LogP contribution in [0.2, 0.25) is 0 Å². The highest BCUT2D eigenvalue weighted by molar-refractivity contribution is 6.08. The molecule has 1 atom stereocenters. The van der Waals surface area contributed by atoms with Crippen LogP contribution in [0, 0.1) is 0 Å². The van der Waals surface area contributed by atoms with E-state index < -0.39 is 29.3 Å². The van der Waals surface area contributed by atoms with Gasteiger partial charge < -0.3 is 4.74 Å². The average molecular weight is 359 g/mol. The summed E-state index contributed by atoms with van der Waals surface area (Å²) in [7, 11) is 0. The molecule has 7 nitrogen and oxygen atoms in total. The zero-order valence-corrected chi connectivity index (χ0v) is 15.3. The van der Waals surface area contributed by atoms with Crippen LogP contribution in [0.25, 0.3) is 6.08 Å². The molecule has 0 bridgehead atoms. The lowest BCUT2D eigenvalue weighted by Crippen LogP contribution is -2.54. The number of carbonyl (C=O) groups is 3. The van der Waals surface area contributed by atoms with Crippen LogP contribution in [-0.4, -0.2) is 47.1 Å². The van der Waals surface area contributed by atoms with Gasteiger partial charge in [0.1, 0.15) is 12.1 Å². The predicted octanol–water partition coefficient (Wildman–Crippen LogP) is 1.44. The van der Waals surface area contributed by atoms with Crippen molar-refractivity contribution < 1.29 is 23.9 Å². The van der Waals surface area contributed by atoms with Gasteiger partial charge in [0.2, 0.25) is 12.2 Å². The number of benzene rings is 1. The maximum atomic E-state index is 12.3. The van der Waals surface area contributed by atoms with Gasteiger partial charge in [-0.05, 0) is 32.4 Å². The van der Waals surface area contributed by atoms with Crippen LogP contribution in [0.3, 0.4) is 0 Å². The third-order valence-electron chi connectivity index (χ3n) is 3.03. The van der Waals surface area contributed by atoms with E-state index in [0.29, 0.717) is 0 Å². The molecule has 139 valence electrons. The average Bonchev–Trinajstić information content (AvgIpc) is 2.55. The molecule has 0 heterocycles. The fourth-order valence-electron chi connectivity index (χ4n) is 1.98. The van der Waals surface area contributed by atoms with E-state index in [0.717, 1.165) is 10.6 Å². The normalized spacial score (nSPS) is 12.5. The van der Waals surface area contributed by atoms with Crippen LogP contribution < -0.4 is 5.43 Å². The van der Waals surface area contributed by atoms with Crippen LogP contribution >= 0.6 is 0 Å². The van der Waals surface area contributed by atoms with E-state index >= 15 is 0 Å². The smallest absolute Gasteiger partial charge is 0.322 e. The lowest BCUT2D eigenvalue weighted by atomic mass is 10.1. The summed E-state index contributed by atoms with van der Waals surface area (Å²) < 4.78 is 5.11. The maximum Gasteiger partial charge on any atom is 0.322 e. The number of carbonyl (C=O) groups excluding carboxylic acids is 4. The van der Waals surface area contributed by atoms with Gasteiger partial charge in [0.25, 0.3) is 0 Å². The highest BCUT2D eigenvalue weighted by Crippen LogP contribution is 2.07. The van der Waals surface area contributed by atoms with Crippen LogP contribution in [0.15, 0.2) is 36.4 Å². The molecule has 0 aliphatic rings. The second kappa shape index (κ2) is 9.62. The van der Waals surface area contributed by atoms with E-state index in [1.54, 1.807) is 45.0 Å². The number of ketones is 1. The summed E-state index contributed by atoms with van der Waals surface area (Å²) in [5.41, 5.74) is 2.54. The number of hydrogen-bond donors (Lipinski definition) is 1. The SMILES string of the molecule is CC(=O)N(NCC(=O)OC(C)(C)C)C([C]=O)C(=O)C=Cc1ccccc1. The molecule has 0 aliphatic heterocycles. The lowest BCUT2D eigenvalue weighted by Gasteiger charge is -2.26. The second-order valence-corrected chi connectivity index (χ2v) is 6.48. The monoisotopic (exact) mass is 359 g/mol. The van der Waals surface area contributed by atoms with Crippen molar-refractivity contribution in [3.05, 3.63) is 42.0 Å². The van der Waals surface area contributed by atoms with Crippen LogP contribution in [0.5, 0.6) is 0 Å². The third-order valence-corrected chi connectivity index (χ3v) is 3.03. The molecule has 1 amide bonds. The van der Waals surface area contributed by atoms with Crippen molar-refractivity contribution in [1.29, 1.82) is 0 Å². The molecule has 1 unspecified atom stereocenters. The van der Waals surface area contributed by atoms with Crippen LogP contribution in [-0.2, 0) is 23.9 Å². The molecular formula is C19H23N2O5. The zero-order valence-electron chi connectivity index (χ0n) is 15.3. The number of ether oxygens (including phenoxy) is 1. The summed E-state index contributed by atoms with van der Waals surface area (Å²) in [5.74, 6) is -1.88.